The highest BCUT2D eigenvalue weighted by molar-refractivity contribution is 14.1. The molecule has 0 bridgehead atoms. The van der Waals surface area contributed by atoms with Crippen molar-refractivity contribution in [3.8, 4) is 0 Å². The van der Waals surface area contributed by atoms with Crippen LogP contribution in [0, 0.1) is 0 Å². The van der Waals surface area contributed by atoms with Crippen LogP contribution in [0.4, 0.5) is 0 Å². The Labute approximate surface area is 66.4 Å². The molecule has 0 saturated carbocycles. The second-order valence-corrected chi connectivity index (χ2v) is 1.95. The van der Waals surface area contributed by atoms with Crippen molar-refractivity contribution in [1.29, 1.82) is 0 Å². The number of hydrogen-bond donors (Lipinski definition) is 2. The van der Waals surface area contributed by atoms with Crippen molar-refractivity contribution in [2.75, 3.05) is 0 Å². The Morgan fingerprint density at radius 1 is 1.67 bits per heavy atom. The Bertz CT molecular complexity index is 162. The van der Waals surface area contributed by atoms with E-state index in [4.69, 9.17) is 5.11 Å². The molecular weight excluding hydrogens is 233 g/mol. The number of amides is 1. The van der Waals surface area contributed by atoms with E-state index in [2.05, 4.69) is 5.73 Å². The zero-order valence-electron chi connectivity index (χ0n) is 4.54. The van der Waals surface area contributed by atoms with Gasteiger partial charge >= 0.3 is 0 Å². The fourth-order valence-corrected chi connectivity index (χ4v) is 0.417. The van der Waals surface area contributed by atoms with E-state index in [-0.39, 0.29) is 0 Å². The van der Waals surface area contributed by atoms with Crippen LogP contribution in [-0.4, -0.2) is 11.0 Å². The topological polar surface area (TPSA) is 63.3 Å². The van der Waals surface area contributed by atoms with Crippen molar-refractivity contribution in [1.82, 2.24) is 0 Å². The second kappa shape index (κ2) is 4.37. The van der Waals surface area contributed by atoms with Gasteiger partial charge in [0.05, 0.1) is 0 Å². The molecule has 0 aliphatic carbocycles. The number of primary amides is 1. The number of aliphatic hydroxyl groups is 1. The summed E-state index contributed by atoms with van der Waals surface area (Å²) < 4.78 is 1.65. The molecule has 0 aliphatic heterocycles. The number of hydrogen-bond acceptors (Lipinski definition) is 2. The number of halogens is 1. The van der Waals surface area contributed by atoms with Gasteiger partial charge in [-0.2, -0.15) is 0 Å². The van der Waals surface area contributed by atoms with Gasteiger partial charge in [0, 0.05) is 0 Å². The van der Waals surface area contributed by atoms with Gasteiger partial charge in [-0.15, -0.1) is 0 Å². The van der Waals surface area contributed by atoms with Gasteiger partial charge in [-0.1, -0.05) is 28.7 Å². The zero-order valence-corrected chi connectivity index (χ0v) is 6.70. The SMILES string of the molecule is NC(=O)/C(O)=C\C=C/I. The summed E-state index contributed by atoms with van der Waals surface area (Å²) in [5, 5.41) is 8.59. The molecule has 0 aromatic carbocycles. The van der Waals surface area contributed by atoms with Crippen LogP contribution in [0.1, 0.15) is 0 Å². The second-order valence-electron chi connectivity index (χ2n) is 1.23. The van der Waals surface area contributed by atoms with Crippen molar-refractivity contribution in [2.45, 2.75) is 0 Å². The predicted molar refractivity (Wildman–Crippen MR) is 43.1 cm³/mol. The lowest BCUT2D eigenvalue weighted by Crippen LogP contribution is -2.12. The van der Waals surface area contributed by atoms with Crippen molar-refractivity contribution in [2.24, 2.45) is 5.73 Å². The normalized spacial score (nSPS) is 12.3. The molecule has 0 spiro atoms. The van der Waals surface area contributed by atoms with Gasteiger partial charge in [0.25, 0.3) is 5.91 Å². The first kappa shape index (κ1) is 8.48. The fraction of sp³-hybridized carbons (Fsp3) is 0. The number of carbonyl (C=O) groups excluding carboxylic acids is 1. The van der Waals surface area contributed by atoms with Crippen LogP contribution in [0.3, 0.4) is 0 Å². The van der Waals surface area contributed by atoms with Gasteiger partial charge in [0.15, 0.2) is 5.76 Å². The molecule has 3 N–H and O–H groups in total. The molecule has 50 valence electrons. The Morgan fingerprint density at radius 2 is 2.22 bits per heavy atom. The van der Waals surface area contributed by atoms with Crippen molar-refractivity contribution in [3.63, 3.8) is 0 Å². The number of rotatable bonds is 2. The minimum Gasteiger partial charge on any atom is -0.503 e. The van der Waals surface area contributed by atoms with Crippen LogP contribution >= 0.6 is 22.6 Å². The summed E-state index contributed by atoms with van der Waals surface area (Å²) in [7, 11) is 0. The van der Waals surface area contributed by atoms with Gasteiger partial charge in [0.1, 0.15) is 0 Å². The molecule has 0 fully saturated rings. The van der Waals surface area contributed by atoms with Crippen LogP contribution in [0.2, 0.25) is 0 Å². The number of nitrogens with two attached hydrogens (primary N) is 1. The fourth-order valence-electron chi connectivity index (χ4n) is 0.210. The average Bonchev–Trinajstić information content (AvgIpc) is 1.82. The minimum atomic E-state index is -0.815. The first-order valence-corrected chi connectivity index (χ1v) is 3.39. The summed E-state index contributed by atoms with van der Waals surface area (Å²) in [5.41, 5.74) is 4.68. The van der Waals surface area contributed by atoms with E-state index < -0.39 is 11.7 Å². The minimum absolute atomic E-state index is 0.428. The van der Waals surface area contributed by atoms with Crippen LogP contribution in [-0.2, 0) is 4.79 Å². The molecule has 0 radical (unpaired) electrons. The average molecular weight is 239 g/mol. The van der Waals surface area contributed by atoms with E-state index in [1.54, 1.807) is 4.08 Å². The summed E-state index contributed by atoms with van der Waals surface area (Å²) in [5.74, 6) is -1.24. The molecule has 0 heterocycles. The third-order valence-electron chi connectivity index (χ3n) is 0.579. The van der Waals surface area contributed by atoms with Crippen LogP contribution in [0.15, 0.2) is 22.0 Å². The predicted octanol–water partition coefficient (Wildman–Crippen LogP) is 0.862. The molecular formula is C5H6INO2. The molecule has 0 aromatic heterocycles. The number of carbonyl (C=O) groups is 1. The summed E-state index contributed by atoms with van der Waals surface area (Å²) in [6, 6.07) is 0. The van der Waals surface area contributed by atoms with E-state index >= 15 is 0 Å². The van der Waals surface area contributed by atoms with Gasteiger partial charge in [-0.05, 0) is 10.2 Å². The Kier molecular flexibility index (Phi) is 4.12. The van der Waals surface area contributed by atoms with E-state index in [1.165, 1.54) is 12.2 Å². The highest BCUT2D eigenvalue weighted by Gasteiger charge is 1.95. The maximum Gasteiger partial charge on any atom is 0.283 e. The lowest BCUT2D eigenvalue weighted by molar-refractivity contribution is -0.116. The highest BCUT2D eigenvalue weighted by Crippen LogP contribution is 1.89. The Morgan fingerprint density at radius 3 is 2.56 bits per heavy atom. The summed E-state index contributed by atoms with van der Waals surface area (Å²) in [6.45, 7) is 0. The first-order valence-electron chi connectivity index (χ1n) is 2.14. The Balaban J connectivity index is 4.00. The maximum atomic E-state index is 10.1. The maximum absolute atomic E-state index is 10.1. The molecule has 0 aliphatic rings. The molecule has 0 atom stereocenters. The van der Waals surface area contributed by atoms with Crippen molar-refractivity contribution < 1.29 is 9.90 Å². The summed E-state index contributed by atoms with van der Waals surface area (Å²) in [6.07, 6.45) is 2.75. The van der Waals surface area contributed by atoms with Crippen LogP contribution in [0.25, 0.3) is 0 Å². The largest absolute Gasteiger partial charge is 0.503 e. The first-order chi connectivity index (χ1) is 4.18. The van der Waals surface area contributed by atoms with Crippen LogP contribution in [0.5, 0.6) is 0 Å². The number of allylic oxidation sites excluding steroid dienone is 2. The monoisotopic (exact) mass is 239 g/mol. The van der Waals surface area contributed by atoms with Gasteiger partial charge < -0.3 is 10.8 Å². The standard InChI is InChI=1S/C5H6INO2/c6-3-1-2-4(8)5(7)9/h1-3,8H,(H2,7,9)/b3-1-,4-2+. The molecule has 0 rings (SSSR count). The third kappa shape index (κ3) is 4.01. The summed E-state index contributed by atoms with van der Waals surface area (Å²) >= 11 is 1.96. The quantitative estimate of drug-likeness (QED) is 0.325. The van der Waals surface area contributed by atoms with Gasteiger partial charge in [-0.3, -0.25) is 4.79 Å². The number of aliphatic hydroxyl groups excluding tert-OH is 1. The van der Waals surface area contributed by atoms with Gasteiger partial charge in [0.2, 0.25) is 0 Å². The Hall–Kier alpha value is -0.520. The van der Waals surface area contributed by atoms with Gasteiger partial charge in [-0.25, -0.2) is 0 Å². The van der Waals surface area contributed by atoms with E-state index in [1.807, 2.05) is 22.6 Å². The lowest BCUT2D eigenvalue weighted by Gasteiger charge is -1.86. The molecule has 0 saturated heterocycles. The lowest BCUT2D eigenvalue weighted by atomic mass is 10.4. The smallest absolute Gasteiger partial charge is 0.283 e. The molecule has 9 heavy (non-hydrogen) atoms. The molecule has 3 nitrogen and oxygen atoms in total. The zero-order chi connectivity index (χ0) is 7.28. The van der Waals surface area contributed by atoms with Crippen molar-refractivity contribution in [3.05, 3.63) is 22.0 Å². The van der Waals surface area contributed by atoms with E-state index in [9.17, 15) is 4.79 Å². The highest BCUT2D eigenvalue weighted by atomic mass is 127. The molecule has 0 aromatic rings. The van der Waals surface area contributed by atoms with Crippen molar-refractivity contribution >= 4 is 28.5 Å². The van der Waals surface area contributed by atoms with Crippen LogP contribution < -0.4 is 5.73 Å². The van der Waals surface area contributed by atoms with E-state index in [0.29, 0.717) is 0 Å². The third-order valence-corrected chi connectivity index (χ3v) is 0.994. The molecule has 4 heteroatoms. The molecule has 1 amide bonds. The summed E-state index contributed by atoms with van der Waals surface area (Å²) in [4.78, 5) is 10.1. The van der Waals surface area contributed by atoms with E-state index in [0.717, 1.165) is 0 Å². The molecule has 0 unspecified atom stereocenters.